The van der Waals surface area contributed by atoms with Crippen LogP contribution in [0.3, 0.4) is 0 Å². The summed E-state index contributed by atoms with van der Waals surface area (Å²) < 4.78 is 0. The van der Waals surface area contributed by atoms with Gasteiger partial charge >= 0.3 is 0 Å². The van der Waals surface area contributed by atoms with Gasteiger partial charge in [0.2, 0.25) is 5.91 Å². The van der Waals surface area contributed by atoms with E-state index in [1.165, 1.54) is 6.42 Å². The Bertz CT molecular complexity index is 584. The summed E-state index contributed by atoms with van der Waals surface area (Å²) in [5.74, 6) is 1.28. The molecular weight excluding hydrogens is 302 g/mol. The molecule has 1 saturated heterocycles. The number of hydrogen-bond donors (Lipinski definition) is 2. The van der Waals surface area contributed by atoms with Crippen LogP contribution in [0.25, 0.3) is 0 Å². The molecule has 0 radical (unpaired) electrons. The van der Waals surface area contributed by atoms with Crippen molar-refractivity contribution in [1.29, 1.82) is 5.26 Å². The zero-order valence-corrected chi connectivity index (χ0v) is 14.7. The van der Waals surface area contributed by atoms with E-state index in [4.69, 9.17) is 5.73 Å². The van der Waals surface area contributed by atoms with Crippen LogP contribution in [0, 0.1) is 34.5 Å². The third kappa shape index (κ3) is 2.23. The summed E-state index contributed by atoms with van der Waals surface area (Å²) in [7, 11) is 0. The van der Waals surface area contributed by atoms with Gasteiger partial charge in [0.1, 0.15) is 6.04 Å². The van der Waals surface area contributed by atoms with Gasteiger partial charge in [-0.25, -0.2) is 0 Å². The van der Waals surface area contributed by atoms with Crippen molar-refractivity contribution in [3.8, 4) is 6.07 Å². The third-order valence-corrected chi connectivity index (χ3v) is 7.60. The van der Waals surface area contributed by atoms with Crippen molar-refractivity contribution in [2.45, 2.75) is 82.5 Å². The number of carbonyl (C=O) groups is 1. The molecule has 4 aliphatic carbocycles. The maximum Gasteiger partial charge on any atom is 0.241 e. The standard InChI is InChI=1S/C19H29N3O2/c1-11-3-15(9-20)22(12(11)2)17(23)16(21)18-5-13-4-14(6-18)8-19(24,7-13)10-18/h11-16,24H,3-8,10,21H2,1-2H3/t11-,12?,13?,14?,15-,16+,18?,19?/m0/s1. The van der Waals surface area contributed by atoms with Crippen LogP contribution in [-0.4, -0.2) is 39.6 Å². The van der Waals surface area contributed by atoms with Crippen molar-refractivity contribution in [3.05, 3.63) is 0 Å². The normalized spacial score (nSPS) is 50.8. The Morgan fingerprint density at radius 1 is 1.25 bits per heavy atom. The van der Waals surface area contributed by atoms with Gasteiger partial charge in [0.05, 0.1) is 17.7 Å². The molecular formula is C19H29N3O2. The lowest BCUT2D eigenvalue weighted by Gasteiger charge is -2.61. The molecule has 4 saturated carbocycles. The molecule has 5 rings (SSSR count). The van der Waals surface area contributed by atoms with E-state index in [1.54, 1.807) is 4.90 Å². The van der Waals surface area contributed by atoms with Crippen LogP contribution in [0.5, 0.6) is 0 Å². The predicted molar refractivity (Wildman–Crippen MR) is 89.5 cm³/mol. The monoisotopic (exact) mass is 331 g/mol. The molecule has 5 fully saturated rings. The minimum Gasteiger partial charge on any atom is -0.390 e. The number of nitrogens with zero attached hydrogens (tertiary/aromatic N) is 2. The molecule has 1 amide bonds. The number of nitrogens with two attached hydrogens (primary N) is 1. The van der Waals surface area contributed by atoms with E-state index in [0.29, 0.717) is 24.2 Å². The van der Waals surface area contributed by atoms with E-state index >= 15 is 0 Å². The van der Waals surface area contributed by atoms with Gasteiger partial charge < -0.3 is 15.7 Å². The van der Waals surface area contributed by atoms with Crippen molar-refractivity contribution in [2.75, 3.05) is 0 Å². The van der Waals surface area contributed by atoms with Gasteiger partial charge in [-0.2, -0.15) is 5.26 Å². The number of nitriles is 1. The molecule has 24 heavy (non-hydrogen) atoms. The molecule has 5 nitrogen and oxygen atoms in total. The number of likely N-dealkylation sites (tertiary alicyclic amines) is 1. The molecule has 0 aromatic carbocycles. The molecule has 0 aromatic heterocycles. The second-order valence-corrected chi connectivity index (χ2v) is 9.37. The Kier molecular flexibility index (Phi) is 3.54. The smallest absolute Gasteiger partial charge is 0.241 e. The number of hydrogen-bond acceptors (Lipinski definition) is 4. The lowest BCUT2D eigenvalue weighted by Crippen LogP contribution is -2.65. The number of rotatable bonds is 2. The largest absolute Gasteiger partial charge is 0.390 e. The average Bonchev–Trinajstić information content (AvgIpc) is 2.78. The van der Waals surface area contributed by atoms with Crippen molar-refractivity contribution in [1.82, 2.24) is 4.90 Å². The Hall–Kier alpha value is -1.12. The van der Waals surface area contributed by atoms with E-state index in [-0.39, 0.29) is 23.4 Å². The van der Waals surface area contributed by atoms with Crippen molar-refractivity contribution < 1.29 is 9.90 Å². The van der Waals surface area contributed by atoms with Gasteiger partial charge in [0.25, 0.3) is 0 Å². The molecule has 132 valence electrons. The predicted octanol–water partition coefficient (Wildman–Crippen LogP) is 1.79. The first-order chi connectivity index (χ1) is 11.3. The Morgan fingerprint density at radius 3 is 2.42 bits per heavy atom. The van der Waals surface area contributed by atoms with E-state index in [2.05, 4.69) is 13.0 Å². The van der Waals surface area contributed by atoms with Gasteiger partial charge in [-0.05, 0) is 75.0 Å². The van der Waals surface area contributed by atoms with Crippen LogP contribution in [-0.2, 0) is 4.79 Å². The van der Waals surface area contributed by atoms with Gasteiger partial charge in [0.15, 0.2) is 0 Å². The maximum absolute atomic E-state index is 13.3. The second-order valence-electron chi connectivity index (χ2n) is 9.37. The fraction of sp³-hybridized carbons (Fsp3) is 0.895. The Labute approximate surface area is 144 Å². The number of aliphatic hydroxyl groups is 1. The highest BCUT2D eigenvalue weighted by Crippen LogP contribution is 2.62. The van der Waals surface area contributed by atoms with E-state index in [9.17, 15) is 15.2 Å². The molecule has 5 aliphatic rings. The fourth-order valence-corrected chi connectivity index (χ4v) is 6.76. The van der Waals surface area contributed by atoms with Crippen LogP contribution in [0.1, 0.15) is 58.8 Å². The highest BCUT2D eigenvalue weighted by atomic mass is 16.3. The molecule has 3 unspecified atom stereocenters. The van der Waals surface area contributed by atoms with Crippen molar-refractivity contribution in [2.24, 2.45) is 28.9 Å². The summed E-state index contributed by atoms with van der Waals surface area (Å²) in [5, 5.41) is 20.4. The summed E-state index contributed by atoms with van der Waals surface area (Å²) >= 11 is 0. The second kappa shape index (κ2) is 5.19. The highest BCUT2D eigenvalue weighted by Gasteiger charge is 2.61. The first-order valence-corrected chi connectivity index (χ1v) is 9.47. The number of carbonyl (C=O) groups excluding carboxylic acids is 1. The highest BCUT2D eigenvalue weighted by molar-refractivity contribution is 5.84. The van der Waals surface area contributed by atoms with Crippen molar-refractivity contribution in [3.63, 3.8) is 0 Å². The summed E-state index contributed by atoms with van der Waals surface area (Å²) in [4.78, 5) is 15.0. The van der Waals surface area contributed by atoms with E-state index in [0.717, 1.165) is 32.1 Å². The van der Waals surface area contributed by atoms with E-state index < -0.39 is 11.6 Å². The zero-order chi connectivity index (χ0) is 17.3. The Morgan fingerprint density at radius 2 is 1.88 bits per heavy atom. The van der Waals surface area contributed by atoms with Gasteiger partial charge in [-0.1, -0.05) is 6.92 Å². The molecule has 4 bridgehead atoms. The van der Waals surface area contributed by atoms with Crippen LogP contribution in [0.15, 0.2) is 0 Å². The van der Waals surface area contributed by atoms with Crippen LogP contribution in [0.2, 0.25) is 0 Å². The van der Waals surface area contributed by atoms with Crippen LogP contribution >= 0.6 is 0 Å². The molecule has 1 heterocycles. The molecule has 0 aromatic rings. The molecule has 0 spiro atoms. The first-order valence-electron chi connectivity index (χ1n) is 9.47. The lowest BCUT2D eigenvalue weighted by atomic mass is 9.46. The quantitative estimate of drug-likeness (QED) is 0.807. The van der Waals surface area contributed by atoms with Gasteiger partial charge in [-0.15, -0.1) is 0 Å². The minimum absolute atomic E-state index is 0.0604. The minimum atomic E-state index is -0.611. The topological polar surface area (TPSA) is 90.4 Å². The van der Waals surface area contributed by atoms with E-state index in [1.807, 2.05) is 6.92 Å². The maximum atomic E-state index is 13.3. The van der Waals surface area contributed by atoms with Crippen LogP contribution in [0.4, 0.5) is 0 Å². The zero-order valence-electron chi connectivity index (χ0n) is 14.7. The molecule has 3 N–H and O–H groups in total. The molecule has 5 heteroatoms. The van der Waals surface area contributed by atoms with Crippen LogP contribution < -0.4 is 5.73 Å². The molecule has 6 atom stereocenters. The summed E-state index contributed by atoms with van der Waals surface area (Å²) in [6, 6.07) is 1.41. The fourth-order valence-electron chi connectivity index (χ4n) is 6.76. The SMILES string of the molecule is CC1[C@@H](C)C[C@@H](C#N)N1C(=O)[C@@H](N)C12CC3CC(CC(O)(C3)C1)C2. The summed E-state index contributed by atoms with van der Waals surface area (Å²) in [6.45, 7) is 4.13. The Balaban J connectivity index is 1.61. The average molecular weight is 331 g/mol. The molecule has 1 aliphatic heterocycles. The van der Waals surface area contributed by atoms with Gasteiger partial charge in [-0.3, -0.25) is 4.79 Å². The summed E-state index contributed by atoms with van der Waals surface area (Å²) in [5.41, 5.74) is 5.69. The number of amides is 1. The first kappa shape index (κ1) is 16.4. The van der Waals surface area contributed by atoms with Gasteiger partial charge in [0, 0.05) is 6.04 Å². The third-order valence-electron chi connectivity index (χ3n) is 7.60. The lowest BCUT2D eigenvalue weighted by molar-refractivity contribution is -0.177. The summed E-state index contributed by atoms with van der Waals surface area (Å²) in [6.07, 6.45) is 6.27. The van der Waals surface area contributed by atoms with Crippen molar-refractivity contribution >= 4 is 5.91 Å².